The van der Waals surface area contributed by atoms with Gasteiger partial charge in [0.15, 0.2) is 0 Å². The van der Waals surface area contributed by atoms with Crippen LogP contribution >= 0.6 is 0 Å². The van der Waals surface area contributed by atoms with Gasteiger partial charge in [-0.15, -0.1) is 0 Å². The fraction of sp³-hybridized carbons (Fsp3) is 1.00. The Balaban J connectivity index is 1.81. The lowest BCUT2D eigenvalue weighted by Crippen LogP contribution is -2.31. The lowest BCUT2D eigenvalue weighted by Gasteiger charge is -2.11. The van der Waals surface area contributed by atoms with E-state index in [4.69, 9.17) is 9.84 Å². The van der Waals surface area contributed by atoms with Crippen LogP contribution in [0.4, 0.5) is 0 Å². The Labute approximate surface area is 74.1 Å². The molecule has 3 nitrogen and oxygen atoms in total. The molecular weight excluding hydrogens is 154 g/mol. The highest BCUT2D eigenvalue weighted by molar-refractivity contribution is 4.82. The molecule has 0 saturated heterocycles. The molecule has 0 aromatic carbocycles. The topological polar surface area (TPSA) is 41.5 Å². The molecule has 72 valence electrons. The van der Waals surface area contributed by atoms with Gasteiger partial charge < -0.3 is 15.2 Å². The number of ether oxygens (including phenoxy) is 1. The van der Waals surface area contributed by atoms with E-state index >= 15 is 0 Å². The van der Waals surface area contributed by atoms with Crippen LogP contribution < -0.4 is 5.32 Å². The number of hydrogen-bond donors (Lipinski definition) is 2. The first kappa shape index (κ1) is 9.96. The highest BCUT2D eigenvalue weighted by Crippen LogP contribution is 2.32. The van der Waals surface area contributed by atoms with Gasteiger partial charge in [0.05, 0.1) is 19.8 Å². The number of rotatable bonds is 7. The van der Waals surface area contributed by atoms with Crippen LogP contribution in [0.25, 0.3) is 0 Å². The van der Waals surface area contributed by atoms with E-state index in [1.54, 1.807) is 0 Å². The van der Waals surface area contributed by atoms with Crippen molar-refractivity contribution < 1.29 is 9.84 Å². The maximum atomic E-state index is 8.43. The van der Waals surface area contributed by atoms with Gasteiger partial charge >= 0.3 is 0 Å². The molecule has 1 saturated carbocycles. The average Bonchev–Trinajstić information content (AvgIpc) is 2.86. The van der Waals surface area contributed by atoms with Gasteiger partial charge in [-0.2, -0.15) is 0 Å². The van der Waals surface area contributed by atoms with Gasteiger partial charge in [-0.3, -0.25) is 0 Å². The standard InChI is InChI=1S/C9H19NO2/c1-8(9-2-3-9)10-4-6-12-7-5-11/h8-11H,2-7H2,1H3/t8-/m1/s1. The molecule has 1 aliphatic carbocycles. The highest BCUT2D eigenvalue weighted by atomic mass is 16.5. The van der Waals surface area contributed by atoms with E-state index in [1.165, 1.54) is 12.8 Å². The molecule has 0 aromatic heterocycles. The molecule has 0 radical (unpaired) electrons. The Morgan fingerprint density at radius 1 is 1.50 bits per heavy atom. The second kappa shape index (κ2) is 5.51. The molecule has 0 heterocycles. The first-order valence-corrected chi connectivity index (χ1v) is 4.76. The van der Waals surface area contributed by atoms with E-state index in [0.717, 1.165) is 12.5 Å². The monoisotopic (exact) mass is 173 g/mol. The molecule has 1 atom stereocenters. The molecule has 1 rings (SSSR count). The maximum Gasteiger partial charge on any atom is 0.0698 e. The largest absolute Gasteiger partial charge is 0.394 e. The molecule has 0 amide bonds. The Kier molecular flexibility index (Phi) is 4.58. The predicted molar refractivity (Wildman–Crippen MR) is 48.1 cm³/mol. The molecular formula is C9H19NO2. The summed E-state index contributed by atoms with van der Waals surface area (Å²) in [5.41, 5.74) is 0. The summed E-state index contributed by atoms with van der Waals surface area (Å²) in [5, 5.41) is 11.8. The van der Waals surface area contributed by atoms with Crippen molar-refractivity contribution in [2.24, 2.45) is 5.92 Å². The fourth-order valence-electron chi connectivity index (χ4n) is 1.29. The van der Waals surface area contributed by atoms with Crippen molar-refractivity contribution in [3.8, 4) is 0 Å². The zero-order valence-corrected chi connectivity index (χ0v) is 7.75. The second-order valence-electron chi connectivity index (χ2n) is 3.42. The third-order valence-corrected chi connectivity index (χ3v) is 2.28. The summed E-state index contributed by atoms with van der Waals surface area (Å²) in [6, 6.07) is 0.641. The minimum atomic E-state index is 0.123. The molecule has 0 aromatic rings. The van der Waals surface area contributed by atoms with Crippen LogP contribution in [-0.2, 0) is 4.74 Å². The van der Waals surface area contributed by atoms with Crippen molar-refractivity contribution in [1.82, 2.24) is 5.32 Å². The lowest BCUT2D eigenvalue weighted by atomic mass is 10.2. The lowest BCUT2D eigenvalue weighted by molar-refractivity contribution is 0.0925. The Morgan fingerprint density at radius 2 is 2.25 bits per heavy atom. The van der Waals surface area contributed by atoms with Crippen LogP contribution in [-0.4, -0.2) is 37.5 Å². The van der Waals surface area contributed by atoms with Crippen molar-refractivity contribution in [3.05, 3.63) is 0 Å². The molecule has 0 spiro atoms. The third kappa shape index (κ3) is 4.04. The number of nitrogens with one attached hydrogen (secondary N) is 1. The van der Waals surface area contributed by atoms with Crippen molar-refractivity contribution >= 4 is 0 Å². The Morgan fingerprint density at radius 3 is 2.83 bits per heavy atom. The summed E-state index contributed by atoms with van der Waals surface area (Å²) in [6.45, 7) is 4.41. The van der Waals surface area contributed by atoms with Gasteiger partial charge in [-0.05, 0) is 25.7 Å². The van der Waals surface area contributed by atoms with E-state index in [0.29, 0.717) is 19.3 Å². The van der Waals surface area contributed by atoms with Crippen molar-refractivity contribution in [2.45, 2.75) is 25.8 Å². The minimum Gasteiger partial charge on any atom is -0.394 e. The summed E-state index contributed by atoms with van der Waals surface area (Å²) < 4.78 is 5.12. The Hall–Kier alpha value is -0.120. The number of aliphatic hydroxyl groups excluding tert-OH is 1. The summed E-state index contributed by atoms with van der Waals surface area (Å²) in [7, 11) is 0. The molecule has 0 unspecified atom stereocenters. The smallest absolute Gasteiger partial charge is 0.0698 e. The molecule has 2 N–H and O–H groups in total. The molecule has 1 fully saturated rings. The zero-order valence-electron chi connectivity index (χ0n) is 7.75. The van der Waals surface area contributed by atoms with E-state index in [2.05, 4.69) is 12.2 Å². The van der Waals surface area contributed by atoms with Crippen LogP contribution in [0, 0.1) is 5.92 Å². The minimum absolute atomic E-state index is 0.123. The summed E-state index contributed by atoms with van der Waals surface area (Å²) in [6.07, 6.45) is 2.76. The van der Waals surface area contributed by atoms with Gasteiger partial charge in [-0.25, -0.2) is 0 Å². The van der Waals surface area contributed by atoms with Gasteiger partial charge in [-0.1, -0.05) is 0 Å². The fourth-order valence-corrected chi connectivity index (χ4v) is 1.29. The van der Waals surface area contributed by atoms with Crippen LogP contribution in [0.2, 0.25) is 0 Å². The van der Waals surface area contributed by atoms with Gasteiger partial charge in [0.1, 0.15) is 0 Å². The van der Waals surface area contributed by atoms with Crippen LogP contribution in [0.5, 0.6) is 0 Å². The van der Waals surface area contributed by atoms with Crippen molar-refractivity contribution in [1.29, 1.82) is 0 Å². The average molecular weight is 173 g/mol. The van der Waals surface area contributed by atoms with E-state index in [-0.39, 0.29) is 6.61 Å². The van der Waals surface area contributed by atoms with E-state index in [9.17, 15) is 0 Å². The van der Waals surface area contributed by atoms with Crippen LogP contribution in [0.3, 0.4) is 0 Å². The van der Waals surface area contributed by atoms with Crippen LogP contribution in [0.1, 0.15) is 19.8 Å². The Bertz CT molecular complexity index is 115. The third-order valence-electron chi connectivity index (χ3n) is 2.28. The number of hydrogen-bond acceptors (Lipinski definition) is 3. The van der Waals surface area contributed by atoms with E-state index < -0.39 is 0 Å². The first-order chi connectivity index (χ1) is 5.84. The highest BCUT2D eigenvalue weighted by Gasteiger charge is 2.26. The van der Waals surface area contributed by atoms with Crippen LogP contribution in [0.15, 0.2) is 0 Å². The normalized spacial score (nSPS) is 19.5. The zero-order chi connectivity index (χ0) is 8.81. The van der Waals surface area contributed by atoms with Gasteiger partial charge in [0.25, 0.3) is 0 Å². The quantitative estimate of drug-likeness (QED) is 0.547. The predicted octanol–water partition coefficient (Wildman–Crippen LogP) is 0.383. The first-order valence-electron chi connectivity index (χ1n) is 4.76. The molecule has 12 heavy (non-hydrogen) atoms. The van der Waals surface area contributed by atoms with E-state index in [1.807, 2.05) is 0 Å². The summed E-state index contributed by atoms with van der Waals surface area (Å²) in [5.74, 6) is 0.905. The van der Waals surface area contributed by atoms with Gasteiger partial charge in [0.2, 0.25) is 0 Å². The number of aliphatic hydroxyl groups is 1. The molecule has 1 aliphatic rings. The molecule has 0 aliphatic heterocycles. The SMILES string of the molecule is C[C@@H](NCCOCCO)C1CC1. The van der Waals surface area contributed by atoms with Crippen molar-refractivity contribution in [2.75, 3.05) is 26.4 Å². The second-order valence-corrected chi connectivity index (χ2v) is 3.42. The summed E-state index contributed by atoms with van der Waals surface area (Å²) >= 11 is 0. The van der Waals surface area contributed by atoms with Gasteiger partial charge in [0, 0.05) is 12.6 Å². The molecule has 3 heteroatoms. The van der Waals surface area contributed by atoms with Crippen molar-refractivity contribution in [3.63, 3.8) is 0 Å². The maximum absolute atomic E-state index is 8.43. The molecule has 0 bridgehead atoms. The summed E-state index contributed by atoms with van der Waals surface area (Å²) in [4.78, 5) is 0.